The molecular weight excluding hydrogens is 582 g/mol. The van der Waals surface area contributed by atoms with Gasteiger partial charge in [0.05, 0.1) is 11.8 Å². The van der Waals surface area contributed by atoms with Crippen LogP contribution in [-0.2, 0) is 4.79 Å². The molecule has 0 aliphatic carbocycles. The summed E-state index contributed by atoms with van der Waals surface area (Å²) in [5.41, 5.74) is 2.51. The van der Waals surface area contributed by atoms with Crippen molar-refractivity contribution in [2.24, 2.45) is 0 Å². The predicted molar refractivity (Wildman–Crippen MR) is 173 cm³/mol. The summed E-state index contributed by atoms with van der Waals surface area (Å²) in [4.78, 5) is 43.2. The minimum absolute atomic E-state index is 0.0148. The fourth-order valence-electron chi connectivity index (χ4n) is 5.74. The van der Waals surface area contributed by atoms with E-state index in [2.05, 4.69) is 68.6 Å². The number of carbonyl (C=O) groups excluding carboxylic acids is 2. The third-order valence-corrected chi connectivity index (χ3v) is 8.90. The molecule has 9 nitrogen and oxygen atoms in total. The van der Waals surface area contributed by atoms with Crippen LogP contribution < -0.4 is 10.2 Å². The average molecular weight is 622 g/mol. The van der Waals surface area contributed by atoms with E-state index in [1.54, 1.807) is 6.07 Å². The van der Waals surface area contributed by atoms with Gasteiger partial charge in [-0.15, -0.1) is 0 Å². The molecule has 3 aromatic rings. The Balaban J connectivity index is 1.16. The lowest BCUT2D eigenvalue weighted by Gasteiger charge is -2.40. The normalized spacial score (nSPS) is 17.9. The van der Waals surface area contributed by atoms with E-state index in [4.69, 9.17) is 16.6 Å². The van der Waals surface area contributed by atoms with E-state index < -0.39 is 0 Å². The maximum atomic E-state index is 13.2. The Bertz CT molecular complexity index is 1330. The van der Waals surface area contributed by atoms with Crippen LogP contribution in [0.3, 0.4) is 0 Å². The Hall–Kier alpha value is -3.34. The highest BCUT2D eigenvalue weighted by atomic mass is 35.5. The van der Waals surface area contributed by atoms with Crippen molar-refractivity contribution < 1.29 is 9.59 Å². The summed E-state index contributed by atoms with van der Waals surface area (Å²) in [7, 11) is 0. The largest absolute Gasteiger partial charge is 0.353 e. The standard InChI is InChI=1S/C32H40ClN7O2S/c1-23(2)34-32(42)40-19-18-39(21-24(40)3)28-20-27(33)35-31(36-28)43-22-29(41)37-14-16-38(17-15-37)30(25-10-6-4-7-11-25)26-12-8-5-9-13-26/h4-13,20,23-24,30H,14-19,21-22H2,1-3H3,(H,34,42). The quantitative estimate of drug-likeness (QED) is 0.220. The molecule has 0 radical (unpaired) electrons. The lowest BCUT2D eigenvalue weighted by Crippen LogP contribution is -2.57. The first kappa shape index (κ1) is 31.1. The number of hydrogen-bond donors (Lipinski definition) is 1. The summed E-state index contributed by atoms with van der Waals surface area (Å²) in [6, 6.07) is 23.1. The molecule has 3 heterocycles. The number of amides is 3. The van der Waals surface area contributed by atoms with Crippen LogP contribution in [-0.4, -0.2) is 100 Å². The molecule has 2 fully saturated rings. The van der Waals surface area contributed by atoms with Gasteiger partial charge in [-0.05, 0) is 31.9 Å². The first-order chi connectivity index (χ1) is 20.8. The van der Waals surface area contributed by atoms with Gasteiger partial charge >= 0.3 is 6.03 Å². The monoisotopic (exact) mass is 621 g/mol. The topological polar surface area (TPSA) is 84.9 Å². The molecule has 3 amide bonds. The van der Waals surface area contributed by atoms with E-state index in [0.29, 0.717) is 48.9 Å². The van der Waals surface area contributed by atoms with E-state index in [0.717, 1.165) is 13.1 Å². The van der Waals surface area contributed by atoms with Crippen molar-refractivity contribution in [1.82, 2.24) is 30.0 Å². The van der Waals surface area contributed by atoms with Crippen LogP contribution in [0.1, 0.15) is 37.9 Å². The lowest BCUT2D eigenvalue weighted by atomic mass is 9.96. The highest BCUT2D eigenvalue weighted by Crippen LogP contribution is 2.30. The molecule has 11 heteroatoms. The van der Waals surface area contributed by atoms with Gasteiger partial charge in [-0.3, -0.25) is 9.69 Å². The first-order valence-corrected chi connectivity index (χ1v) is 16.3. The van der Waals surface area contributed by atoms with Crippen molar-refractivity contribution in [3.8, 4) is 0 Å². The number of rotatable bonds is 8. The van der Waals surface area contributed by atoms with Crippen LogP contribution in [0.2, 0.25) is 5.15 Å². The van der Waals surface area contributed by atoms with Gasteiger partial charge in [0.25, 0.3) is 0 Å². The maximum Gasteiger partial charge on any atom is 0.317 e. The van der Waals surface area contributed by atoms with Gasteiger partial charge in [0, 0.05) is 64.0 Å². The van der Waals surface area contributed by atoms with Crippen LogP contribution in [0.25, 0.3) is 0 Å². The number of anilines is 1. The molecule has 5 rings (SSSR count). The number of carbonyl (C=O) groups is 2. The predicted octanol–water partition coefficient (Wildman–Crippen LogP) is 4.78. The maximum absolute atomic E-state index is 13.2. The summed E-state index contributed by atoms with van der Waals surface area (Å²) < 4.78 is 0. The zero-order valence-electron chi connectivity index (χ0n) is 25.0. The second kappa shape index (κ2) is 14.4. The van der Waals surface area contributed by atoms with Crippen molar-refractivity contribution in [2.45, 2.75) is 44.1 Å². The van der Waals surface area contributed by atoms with E-state index in [1.165, 1.54) is 22.9 Å². The fraction of sp³-hybridized carbons (Fsp3) is 0.438. The molecule has 0 saturated carbocycles. The van der Waals surface area contributed by atoms with Crippen LogP contribution in [0.4, 0.5) is 10.6 Å². The van der Waals surface area contributed by atoms with Crippen LogP contribution in [0, 0.1) is 0 Å². The third kappa shape index (κ3) is 7.99. The second-order valence-corrected chi connectivity index (χ2v) is 12.7. The van der Waals surface area contributed by atoms with Gasteiger partial charge < -0.3 is 20.0 Å². The van der Waals surface area contributed by atoms with Gasteiger partial charge in [0.2, 0.25) is 5.91 Å². The number of nitrogens with one attached hydrogen (secondary N) is 1. The summed E-state index contributed by atoms with van der Waals surface area (Å²) >= 11 is 7.70. The van der Waals surface area contributed by atoms with Gasteiger partial charge in [0.15, 0.2) is 5.16 Å². The van der Waals surface area contributed by atoms with E-state index in [9.17, 15) is 9.59 Å². The molecule has 1 aromatic heterocycles. The molecule has 2 aliphatic heterocycles. The Morgan fingerprint density at radius 1 is 0.930 bits per heavy atom. The highest BCUT2D eigenvalue weighted by molar-refractivity contribution is 7.99. The summed E-state index contributed by atoms with van der Waals surface area (Å²) in [6.07, 6.45) is 0. The Morgan fingerprint density at radius 2 is 1.56 bits per heavy atom. The highest BCUT2D eigenvalue weighted by Gasteiger charge is 2.30. The van der Waals surface area contributed by atoms with Gasteiger partial charge in [-0.25, -0.2) is 14.8 Å². The number of nitrogens with zero attached hydrogens (tertiary/aromatic N) is 6. The minimum atomic E-state index is -0.0471. The van der Waals surface area contributed by atoms with E-state index >= 15 is 0 Å². The van der Waals surface area contributed by atoms with E-state index in [-0.39, 0.29) is 35.8 Å². The number of piperazine rings is 2. The molecule has 2 aromatic carbocycles. The second-order valence-electron chi connectivity index (χ2n) is 11.4. The zero-order chi connectivity index (χ0) is 30.3. The number of thioether (sulfide) groups is 1. The molecule has 1 unspecified atom stereocenters. The van der Waals surface area contributed by atoms with E-state index in [1.807, 2.05) is 42.7 Å². The molecule has 2 saturated heterocycles. The SMILES string of the molecule is CC(C)NC(=O)N1CCN(c2cc(Cl)nc(SCC(=O)N3CCN(C(c4ccccc4)c4ccccc4)CC3)n2)CC1C. The first-order valence-electron chi connectivity index (χ1n) is 14.9. The fourth-order valence-corrected chi connectivity index (χ4v) is 6.72. The van der Waals surface area contributed by atoms with Crippen molar-refractivity contribution in [2.75, 3.05) is 56.5 Å². The summed E-state index contributed by atoms with van der Waals surface area (Å²) in [6.45, 7) is 10.7. The summed E-state index contributed by atoms with van der Waals surface area (Å²) in [5, 5.41) is 3.80. The van der Waals surface area contributed by atoms with Crippen molar-refractivity contribution in [3.63, 3.8) is 0 Å². The minimum Gasteiger partial charge on any atom is -0.353 e. The lowest BCUT2D eigenvalue weighted by molar-refractivity contribution is -0.130. The van der Waals surface area contributed by atoms with Gasteiger partial charge in [-0.2, -0.15) is 0 Å². The number of halogens is 1. The molecule has 1 atom stereocenters. The number of urea groups is 1. The van der Waals surface area contributed by atoms with Crippen LogP contribution in [0.15, 0.2) is 71.9 Å². The van der Waals surface area contributed by atoms with Crippen molar-refractivity contribution >= 4 is 41.1 Å². The molecular formula is C32H40ClN7O2S. The molecule has 2 aliphatic rings. The smallest absolute Gasteiger partial charge is 0.317 e. The van der Waals surface area contributed by atoms with Crippen molar-refractivity contribution in [3.05, 3.63) is 83.0 Å². The van der Waals surface area contributed by atoms with Crippen LogP contribution in [0.5, 0.6) is 0 Å². The molecule has 0 spiro atoms. The Kier molecular flexibility index (Phi) is 10.4. The Morgan fingerprint density at radius 3 is 2.14 bits per heavy atom. The van der Waals surface area contributed by atoms with Gasteiger partial charge in [-0.1, -0.05) is 84.0 Å². The molecule has 228 valence electrons. The number of aromatic nitrogens is 2. The number of benzene rings is 2. The number of hydrogen-bond acceptors (Lipinski definition) is 7. The van der Waals surface area contributed by atoms with Crippen molar-refractivity contribution in [1.29, 1.82) is 0 Å². The summed E-state index contributed by atoms with van der Waals surface area (Å²) in [5.74, 6) is 1.04. The third-order valence-electron chi connectivity index (χ3n) is 7.87. The molecule has 1 N–H and O–H groups in total. The average Bonchev–Trinajstić information content (AvgIpc) is 3.01. The van der Waals surface area contributed by atoms with Crippen LogP contribution >= 0.6 is 23.4 Å². The van der Waals surface area contributed by atoms with Gasteiger partial charge in [0.1, 0.15) is 11.0 Å². The Labute approximate surface area is 263 Å². The zero-order valence-corrected chi connectivity index (χ0v) is 26.6. The molecule has 0 bridgehead atoms. The molecule has 43 heavy (non-hydrogen) atoms.